The summed E-state index contributed by atoms with van der Waals surface area (Å²) in [4.78, 5) is 10.4. The summed E-state index contributed by atoms with van der Waals surface area (Å²) >= 11 is 6.23. The molecule has 2 atom stereocenters. The number of hydrogen-bond donors (Lipinski definition) is 1. The predicted octanol–water partition coefficient (Wildman–Crippen LogP) is 9.24. The van der Waals surface area contributed by atoms with E-state index in [1.165, 1.54) is 61.6 Å². The van der Waals surface area contributed by atoms with Gasteiger partial charge in [0.1, 0.15) is 5.76 Å². The first-order valence-electron chi connectivity index (χ1n) is 17.5. The zero-order valence-electron chi connectivity index (χ0n) is 27.7. The Labute approximate surface area is 281 Å². The molecule has 1 saturated heterocycles. The first-order chi connectivity index (χ1) is 22.5. The number of oxazole rings is 1. The minimum Gasteiger partial charge on any atom is -0.442 e. The van der Waals surface area contributed by atoms with Gasteiger partial charge in [-0.25, -0.2) is 4.98 Å². The highest BCUT2D eigenvalue weighted by Gasteiger charge is 2.34. The van der Waals surface area contributed by atoms with Crippen molar-refractivity contribution in [3.05, 3.63) is 124 Å². The van der Waals surface area contributed by atoms with E-state index in [0.717, 1.165) is 54.8 Å². The highest BCUT2D eigenvalue weighted by Crippen LogP contribution is 2.43. The van der Waals surface area contributed by atoms with Crippen molar-refractivity contribution in [3.8, 4) is 0 Å². The van der Waals surface area contributed by atoms with E-state index < -0.39 is 0 Å². The molecule has 6 rings (SSSR count). The molecule has 1 saturated carbocycles. The van der Waals surface area contributed by atoms with Crippen molar-refractivity contribution in [1.29, 1.82) is 0 Å². The standard InChI is InChI=1S/C40H51ClN4O/c1-44(2)39(34-20-22-35(41)23-21-34)33-18-16-31(17-19-33)27-37(45-24-10-5-11-25-45)40-43-36(26-30-12-6-3-7-13-30)38(46-40)29-42-28-32-14-8-4-9-15-32/h3-4,6-9,12-15,20-23,31,33,37,39,42H,5,10-11,16-19,24-29H2,1-2H3. The van der Waals surface area contributed by atoms with Gasteiger partial charge in [0.05, 0.1) is 18.3 Å². The molecule has 2 fully saturated rings. The molecule has 2 heterocycles. The number of rotatable bonds is 13. The Morgan fingerprint density at radius 2 is 1.48 bits per heavy atom. The van der Waals surface area contributed by atoms with E-state index in [-0.39, 0.29) is 6.04 Å². The topological polar surface area (TPSA) is 44.5 Å². The number of benzene rings is 3. The van der Waals surface area contributed by atoms with Crippen LogP contribution < -0.4 is 5.32 Å². The van der Waals surface area contributed by atoms with Crippen molar-refractivity contribution < 1.29 is 4.42 Å². The molecule has 1 aliphatic heterocycles. The van der Waals surface area contributed by atoms with Gasteiger partial charge in [0.2, 0.25) is 5.89 Å². The Morgan fingerprint density at radius 3 is 2.13 bits per heavy atom. The SMILES string of the molecule is CN(C)C(c1ccc(Cl)cc1)C1CCC(CC(c2nc(Cc3ccccc3)c(CNCc3ccccc3)o2)N2CCCCC2)CC1. The first kappa shape index (κ1) is 33.0. The molecular formula is C40H51ClN4O. The van der Waals surface area contributed by atoms with E-state index in [4.69, 9.17) is 21.0 Å². The summed E-state index contributed by atoms with van der Waals surface area (Å²) in [6, 6.07) is 30.5. The molecule has 1 aromatic heterocycles. The predicted molar refractivity (Wildman–Crippen MR) is 189 cm³/mol. The van der Waals surface area contributed by atoms with Crippen molar-refractivity contribution >= 4 is 11.6 Å². The van der Waals surface area contributed by atoms with Crippen molar-refractivity contribution in [2.24, 2.45) is 11.8 Å². The highest BCUT2D eigenvalue weighted by atomic mass is 35.5. The summed E-state index contributed by atoms with van der Waals surface area (Å²) in [5.41, 5.74) is 5.00. The number of aromatic nitrogens is 1. The minimum atomic E-state index is 0.236. The van der Waals surface area contributed by atoms with Crippen LogP contribution in [-0.2, 0) is 19.5 Å². The van der Waals surface area contributed by atoms with Crippen LogP contribution in [-0.4, -0.2) is 42.0 Å². The number of nitrogens with one attached hydrogen (secondary N) is 1. The molecule has 0 amide bonds. The second-order valence-corrected chi connectivity index (χ2v) is 14.2. The third-order valence-electron chi connectivity index (χ3n) is 10.2. The van der Waals surface area contributed by atoms with Crippen LogP contribution in [0.4, 0.5) is 0 Å². The van der Waals surface area contributed by atoms with Crippen molar-refractivity contribution in [3.63, 3.8) is 0 Å². The number of likely N-dealkylation sites (tertiary alicyclic amines) is 1. The van der Waals surface area contributed by atoms with Gasteiger partial charge in [0.25, 0.3) is 0 Å². The highest BCUT2D eigenvalue weighted by molar-refractivity contribution is 6.30. The monoisotopic (exact) mass is 638 g/mol. The lowest BCUT2D eigenvalue weighted by molar-refractivity contribution is 0.0934. The Kier molecular flexibility index (Phi) is 11.6. The van der Waals surface area contributed by atoms with Crippen LogP contribution in [0, 0.1) is 11.8 Å². The van der Waals surface area contributed by atoms with E-state index in [0.29, 0.717) is 24.4 Å². The lowest BCUT2D eigenvalue weighted by atomic mass is 9.74. The van der Waals surface area contributed by atoms with Gasteiger partial charge < -0.3 is 14.6 Å². The number of nitrogens with zero attached hydrogens (tertiary/aromatic N) is 3. The van der Waals surface area contributed by atoms with Crippen molar-refractivity contribution in [2.45, 2.75) is 83.0 Å². The number of hydrogen-bond acceptors (Lipinski definition) is 5. The van der Waals surface area contributed by atoms with Crippen LogP contribution in [0.5, 0.6) is 0 Å². The average Bonchev–Trinajstić information content (AvgIpc) is 3.48. The normalized spacial score (nSPS) is 20.5. The zero-order chi connectivity index (χ0) is 31.7. The molecule has 1 N–H and O–H groups in total. The van der Waals surface area contributed by atoms with Crippen LogP contribution in [0.15, 0.2) is 89.3 Å². The molecule has 0 spiro atoms. The third kappa shape index (κ3) is 8.68. The van der Waals surface area contributed by atoms with E-state index in [1.807, 2.05) is 12.1 Å². The first-order valence-corrected chi connectivity index (χ1v) is 17.8. The quantitative estimate of drug-likeness (QED) is 0.158. The Hall–Kier alpha value is -2.96. The third-order valence-corrected chi connectivity index (χ3v) is 10.5. The van der Waals surface area contributed by atoms with E-state index in [1.54, 1.807) is 0 Å². The lowest BCUT2D eigenvalue weighted by Gasteiger charge is -2.40. The molecule has 46 heavy (non-hydrogen) atoms. The van der Waals surface area contributed by atoms with Crippen molar-refractivity contribution in [1.82, 2.24) is 20.1 Å². The lowest BCUT2D eigenvalue weighted by Crippen LogP contribution is -2.36. The molecule has 2 aliphatic rings. The van der Waals surface area contributed by atoms with Gasteiger partial charge in [0.15, 0.2) is 0 Å². The summed E-state index contributed by atoms with van der Waals surface area (Å²) in [6.07, 6.45) is 10.8. The fourth-order valence-corrected chi connectivity index (χ4v) is 8.00. The summed E-state index contributed by atoms with van der Waals surface area (Å²) in [5, 5.41) is 4.45. The molecule has 6 heteroatoms. The molecule has 4 aromatic rings. The molecule has 2 unspecified atom stereocenters. The summed E-state index contributed by atoms with van der Waals surface area (Å²) in [7, 11) is 4.44. The van der Waals surface area contributed by atoms with Gasteiger partial charge in [-0.1, -0.05) is 104 Å². The number of piperidine rings is 1. The molecule has 1 aliphatic carbocycles. The molecule has 244 valence electrons. The maximum Gasteiger partial charge on any atom is 0.212 e. The maximum absolute atomic E-state index is 6.81. The van der Waals surface area contributed by atoms with Crippen LogP contribution in [0.3, 0.4) is 0 Å². The molecule has 0 bridgehead atoms. The van der Waals surface area contributed by atoms with Crippen molar-refractivity contribution in [2.75, 3.05) is 27.2 Å². The average molecular weight is 639 g/mol. The van der Waals surface area contributed by atoms with Gasteiger partial charge in [0, 0.05) is 24.0 Å². The van der Waals surface area contributed by atoms with E-state index in [9.17, 15) is 0 Å². The van der Waals surface area contributed by atoms with Gasteiger partial charge in [-0.3, -0.25) is 4.90 Å². The Bertz CT molecular complexity index is 1460. The maximum atomic E-state index is 6.81. The van der Waals surface area contributed by atoms with Gasteiger partial charge in [-0.15, -0.1) is 0 Å². The zero-order valence-corrected chi connectivity index (χ0v) is 28.5. The Balaban J connectivity index is 1.18. The van der Waals surface area contributed by atoms with Gasteiger partial charge in [-0.05, 0) is 99.9 Å². The van der Waals surface area contributed by atoms with Crippen LogP contribution in [0.1, 0.15) is 97.5 Å². The van der Waals surface area contributed by atoms with E-state index >= 15 is 0 Å². The van der Waals surface area contributed by atoms with Gasteiger partial charge >= 0.3 is 0 Å². The van der Waals surface area contributed by atoms with Crippen LogP contribution in [0.25, 0.3) is 0 Å². The fourth-order valence-electron chi connectivity index (χ4n) is 7.87. The number of halogens is 1. The second-order valence-electron chi connectivity index (χ2n) is 13.8. The summed E-state index contributed by atoms with van der Waals surface area (Å²) in [6.45, 7) is 3.76. The summed E-state index contributed by atoms with van der Waals surface area (Å²) in [5.74, 6) is 3.25. The fraction of sp³-hybridized carbons (Fsp3) is 0.475. The smallest absolute Gasteiger partial charge is 0.212 e. The Morgan fingerprint density at radius 1 is 0.826 bits per heavy atom. The van der Waals surface area contributed by atoms with E-state index in [2.05, 4.69) is 102 Å². The van der Waals surface area contributed by atoms with Crippen LogP contribution in [0.2, 0.25) is 5.02 Å². The largest absolute Gasteiger partial charge is 0.442 e. The summed E-state index contributed by atoms with van der Waals surface area (Å²) < 4.78 is 6.81. The molecular weight excluding hydrogens is 588 g/mol. The minimum absolute atomic E-state index is 0.236. The molecule has 5 nitrogen and oxygen atoms in total. The second kappa shape index (κ2) is 16.2. The molecule has 3 aromatic carbocycles. The van der Waals surface area contributed by atoms with Crippen LogP contribution >= 0.6 is 11.6 Å². The van der Waals surface area contributed by atoms with Gasteiger partial charge in [-0.2, -0.15) is 0 Å². The molecule has 0 radical (unpaired) electrons.